The van der Waals surface area contributed by atoms with Crippen molar-refractivity contribution < 1.29 is 5.11 Å². The van der Waals surface area contributed by atoms with Gasteiger partial charge in [0.2, 0.25) is 0 Å². The highest BCUT2D eigenvalue weighted by atomic mass is 16.3. The lowest BCUT2D eigenvalue weighted by atomic mass is 10.1. The number of likely N-dealkylation sites (N-methyl/N-ethyl adjacent to an activating group) is 1. The van der Waals surface area contributed by atoms with Crippen LogP contribution in [0.15, 0.2) is 0 Å². The highest BCUT2D eigenvalue weighted by Gasteiger charge is 2.19. The molecule has 1 fully saturated rings. The molecule has 3 heteroatoms. The van der Waals surface area contributed by atoms with E-state index in [4.69, 9.17) is 0 Å². The van der Waals surface area contributed by atoms with Gasteiger partial charge in [0, 0.05) is 26.2 Å². The lowest BCUT2D eigenvalue weighted by molar-refractivity contribution is -0.0286. The Morgan fingerprint density at radius 1 is 1.07 bits per heavy atom. The van der Waals surface area contributed by atoms with Crippen LogP contribution < -0.4 is 0 Å². The minimum absolute atomic E-state index is 0.217. The number of nitrogens with zero attached hydrogens (tertiary/aromatic N) is 2. The molecule has 14 heavy (non-hydrogen) atoms. The molecule has 3 nitrogen and oxygen atoms in total. The van der Waals surface area contributed by atoms with Crippen LogP contribution in [0, 0.1) is 5.92 Å². The van der Waals surface area contributed by atoms with Crippen molar-refractivity contribution >= 4 is 0 Å². The lowest BCUT2D eigenvalue weighted by Gasteiger charge is -2.35. The van der Waals surface area contributed by atoms with Gasteiger partial charge in [-0.1, -0.05) is 13.8 Å². The van der Waals surface area contributed by atoms with E-state index in [1.807, 2.05) is 0 Å². The Balaban J connectivity index is 2.20. The van der Waals surface area contributed by atoms with Crippen molar-refractivity contribution in [3.05, 3.63) is 0 Å². The van der Waals surface area contributed by atoms with Crippen LogP contribution in [0.3, 0.4) is 0 Å². The van der Waals surface area contributed by atoms with Crippen molar-refractivity contribution in [3.8, 4) is 0 Å². The van der Waals surface area contributed by atoms with Crippen molar-refractivity contribution in [2.24, 2.45) is 5.92 Å². The average molecular weight is 200 g/mol. The quantitative estimate of drug-likeness (QED) is 0.733. The van der Waals surface area contributed by atoms with Gasteiger partial charge in [0.25, 0.3) is 0 Å². The molecule has 1 aliphatic heterocycles. The van der Waals surface area contributed by atoms with Crippen LogP contribution in [0.5, 0.6) is 0 Å². The molecule has 0 aromatic heterocycles. The Morgan fingerprint density at radius 3 is 2.14 bits per heavy atom. The molecule has 0 aromatic carbocycles. The van der Waals surface area contributed by atoms with Crippen LogP contribution in [-0.2, 0) is 0 Å². The summed E-state index contributed by atoms with van der Waals surface area (Å²) in [6.07, 6.45) is 1.82. The van der Waals surface area contributed by atoms with Crippen molar-refractivity contribution in [3.63, 3.8) is 0 Å². The first-order valence-corrected chi connectivity index (χ1v) is 5.70. The van der Waals surface area contributed by atoms with Gasteiger partial charge in [0.1, 0.15) is 6.23 Å². The predicted octanol–water partition coefficient (Wildman–Crippen LogP) is 0.988. The van der Waals surface area contributed by atoms with Crippen molar-refractivity contribution in [2.45, 2.75) is 32.9 Å². The summed E-state index contributed by atoms with van der Waals surface area (Å²) in [5.74, 6) is 0.692. The van der Waals surface area contributed by atoms with Gasteiger partial charge >= 0.3 is 0 Å². The first-order chi connectivity index (χ1) is 6.59. The standard InChI is InChI=1S/C11H24N2O/c1-10(2)4-5-11(14)13-8-6-12(3)7-9-13/h10-11,14H,4-9H2,1-3H3. The second-order valence-corrected chi connectivity index (χ2v) is 4.79. The third kappa shape index (κ3) is 3.95. The van der Waals surface area contributed by atoms with Crippen LogP contribution in [0.25, 0.3) is 0 Å². The van der Waals surface area contributed by atoms with Crippen molar-refractivity contribution in [2.75, 3.05) is 33.2 Å². The first-order valence-electron chi connectivity index (χ1n) is 5.70. The van der Waals surface area contributed by atoms with Gasteiger partial charge in [-0.15, -0.1) is 0 Å². The summed E-state index contributed by atoms with van der Waals surface area (Å²) >= 11 is 0. The molecule has 0 spiro atoms. The van der Waals surface area contributed by atoms with Gasteiger partial charge in [-0.2, -0.15) is 0 Å². The smallest absolute Gasteiger partial charge is 0.107 e. The molecule has 0 bridgehead atoms. The van der Waals surface area contributed by atoms with Gasteiger partial charge in [0.15, 0.2) is 0 Å². The zero-order chi connectivity index (χ0) is 10.6. The Labute approximate surface area is 87.7 Å². The summed E-state index contributed by atoms with van der Waals surface area (Å²) < 4.78 is 0. The van der Waals surface area contributed by atoms with E-state index >= 15 is 0 Å². The Morgan fingerprint density at radius 2 is 1.64 bits per heavy atom. The summed E-state index contributed by atoms with van der Waals surface area (Å²) in [6.45, 7) is 8.59. The van der Waals surface area contributed by atoms with E-state index in [0.29, 0.717) is 5.92 Å². The van der Waals surface area contributed by atoms with E-state index < -0.39 is 0 Å². The maximum absolute atomic E-state index is 9.92. The molecule has 0 saturated carbocycles. The first kappa shape index (κ1) is 12.0. The molecule has 0 radical (unpaired) electrons. The van der Waals surface area contributed by atoms with Gasteiger partial charge in [0.05, 0.1) is 0 Å². The molecular formula is C11H24N2O. The summed E-state index contributed by atoms with van der Waals surface area (Å²) in [6, 6.07) is 0. The largest absolute Gasteiger partial charge is 0.378 e. The molecule has 1 atom stereocenters. The monoisotopic (exact) mass is 200 g/mol. The number of hydrogen-bond donors (Lipinski definition) is 1. The fraction of sp³-hybridized carbons (Fsp3) is 1.00. The second kappa shape index (κ2) is 5.69. The minimum atomic E-state index is -0.217. The fourth-order valence-electron chi connectivity index (χ4n) is 1.78. The Bertz CT molecular complexity index is 153. The van der Waals surface area contributed by atoms with E-state index in [0.717, 1.165) is 39.0 Å². The predicted molar refractivity (Wildman–Crippen MR) is 59.1 cm³/mol. The zero-order valence-electron chi connectivity index (χ0n) is 9.74. The number of rotatable bonds is 4. The third-order valence-corrected chi connectivity index (χ3v) is 2.96. The van der Waals surface area contributed by atoms with E-state index in [1.54, 1.807) is 0 Å². The molecule has 0 amide bonds. The highest BCUT2D eigenvalue weighted by molar-refractivity contribution is 4.71. The lowest BCUT2D eigenvalue weighted by Crippen LogP contribution is -2.49. The molecular weight excluding hydrogens is 176 g/mol. The summed E-state index contributed by atoms with van der Waals surface area (Å²) in [5.41, 5.74) is 0. The summed E-state index contributed by atoms with van der Waals surface area (Å²) in [7, 11) is 2.14. The summed E-state index contributed by atoms with van der Waals surface area (Å²) in [5, 5.41) is 9.92. The zero-order valence-corrected chi connectivity index (χ0v) is 9.74. The maximum atomic E-state index is 9.92. The van der Waals surface area contributed by atoms with Crippen LogP contribution in [0.4, 0.5) is 0 Å². The third-order valence-electron chi connectivity index (χ3n) is 2.96. The fourth-order valence-corrected chi connectivity index (χ4v) is 1.78. The number of hydrogen-bond acceptors (Lipinski definition) is 3. The van der Waals surface area contributed by atoms with E-state index in [9.17, 15) is 5.11 Å². The minimum Gasteiger partial charge on any atom is -0.378 e. The normalized spacial score (nSPS) is 22.9. The molecule has 1 saturated heterocycles. The van der Waals surface area contributed by atoms with Crippen molar-refractivity contribution in [1.29, 1.82) is 0 Å². The van der Waals surface area contributed by atoms with Crippen LogP contribution in [0.2, 0.25) is 0 Å². The van der Waals surface area contributed by atoms with Gasteiger partial charge < -0.3 is 10.0 Å². The molecule has 84 valence electrons. The second-order valence-electron chi connectivity index (χ2n) is 4.79. The maximum Gasteiger partial charge on any atom is 0.107 e. The molecule has 1 aliphatic rings. The van der Waals surface area contributed by atoms with E-state index in [-0.39, 0.29) is 6.23 Å². The molecule has 0 aromatic rings. The number of piperazine rings is 1. The Hall–Kier alpha value is -0.120. The van der Waals surface area contributed by atoms with Crippen molar-refractivity contribution in [1.82, 2.24) is 9.80 Å². The molecule has 1 unspecified atom stereocenters. The highest BCUT2D eigenvalue weighted by Crippen LogP contribution is 2.11. The molecule has 0 aliphatic carbocycles. The SMILES string of the molecule is CC(C)CCC(O)N1CCN(C)CC1. The van der Waals surface area contributed by atoms with Gasteiger partial charge in [-0.25, -0.2) is 0 Å². The topological polar surface area (TPSA) is 26.7 Å². The van der Waals surface area contributed by atoms with Gasteiger partial charge in [-0.05, 0) is 25.8 Å². The molecule has 1 N–H and O–H groups in total. The van der Waals surface area contributed by atoms with Gasteiger partial charge in [-0.3, -0.25) is 4.90 Å². The van der Waals surface area contributed by atoms with Crippen LogP contribution in [-0.4, -0.2) is 54.4 Å². The van der Waals surface area contributed by atoms with E-state index in [2.05, 4.69) is 30.7 Å². The Kier molecular flexibility index (Phi) is 4.85. The number of aliphatic hydroxyl groups is 1. The van der Waals surface area contributed by atoms with E-state index in [1.165, 1.54) is 0 Å². The van der Waals surface area contributed by atoms with Crippen LogP contribution >= 0.6 is 0 Å². The average Bonchev–Trinajstić information content (AvgIpc) is 2.15. The summed E-state index contributed by atoms with van der Waals surface area (Å²) in [4.78, 5) is 4.51. The number of aliphatic hydroxyl groups excluding tert-OH is 1. The molecule has 1 heterocycles. The van der Waals surface area contributed by atoms with Crippen LogP contribution in [0.1, 0.15) is 26.7 Å². The molecule has 1 rings (SSSR count).